The van der Waals surface area contributed by atoms with E-state index in [2.05, 4.69) is 11.2 Å². The van der Waals surface area contributed by atoms with Crippen molar-refractivity contribution in [3.63, 3.8) is 0 Å². The third-order valence-electron chi connectivity index (χ3n) is 3.72. The van der Waals surface area contributed by atoms with E-state index in [1.165, 1.54) is 4.68 Å². The summed E-state index contributed by atoms with van der Waals surface area (Å²) in [6.45, 7) is 3.02. The van der Waals surface area contributed by atoms with E-state index >= 15 is 0 Å². The van der Waals surface area contributed by atoms with E-state index in [1.54, 1.807) is 6.20 Å². The number of hydrogen-bond donors (Lipinski definition) is 1. The topological polar surface area (TPSA) is 60.9 Å². The van der Waals surface area contributed by atoms with E-state index in [0.29, 0.717) is 18.5 Å². The van der Waals surface area contributed by atoms with Gasteiger partial charge in [0.15, 0.2) is 0 Å². The zero-order valence-electron chi connectivity index (χ0n) is 11.9. The summed E-state index contributed by atoms with van der Waals surface area (Å²) in [5, 5.41) is 5.83. The minimum atomic E-state index is -0.0598. The first-order valence-electron chi connectivity index (χ1n) is 6.92. The van der Waals surface area contributed by atoms with Crippen LogP contribution in [0.1, 0.15) is 16.7 Å². The lowest BCUT2D eigenvalue weighted by atomic mass is 10.1. The Labute approximate surface area is 122 Å². The van der Waals surface area contributed by atoms with Crippen molar-refractivity contribution in [3.8, 4) is 0 Å². The van der Waals surface area contributed by atoms with Gasteiger partial charge >= 0.3 is 0 Å². The molecule has 0 atom stereocenters. The fourth-order valence-electron chi connectivity index (χ4n) is 2.46. The number of nitrogens with zero attached hydrogens (tertiary/aromatic N) is 2. The van der Waals surface area contributed by atoms with Crippen molar-refractivity contribution in [2.75, 3.05) is 0 Å². The van der Waals surface area contributed by atoms with Crippen molar-refractivity contribution >= 4 is 10.8 Å². The quantitative estimate of drug-likeness (QED) is 0.799. The molecule has 0 aliphatic rings. The second-order valence-electron chi connectivity index (χ2n) is 5.16. The maximum atomic E-state index is 12.4. The van der Waals surface area contributed by atoms with Crippen LogP contribution in [0.25, 0.3) is 10.8 Å². The highest BCUT2D eigenvalue weighted by molar-refractivity contribution is 5.80. The number of benzene rings is 2. The molecule has 0 radical (unpaired) electrons. The lowest BCUT2D eigenvalue weighted by Crippen LogP contribution is -2.23. The number of nitrogens with two attached hydrogens (primary N) is 1. The van der Waals surface area contributed by atoms with E-state index in [4.69, 9.17) is 5.73 Å². The fraction of sp³-hybridized carbons (Fsp3) is 0.176. The van der Waals surface area contributed by atoms with Crippen molar-refractivity contribution in [1.29, 1.82) is 0 Å². The minimum absolute atomic E-state index is 0.0598. The second-order valence-corrected chi connectivity index (χ2v) is 5.16. The Morgan fingerprint density at radius 2 is 2.00 bits per heavy atom. The molecule has 4 nitrogen and oxygen atoms in total. The first-order valence-corrected chi connectivity index (χ1v) is 6.92. The minimum Gasteiger partial charge on any atom is -0.326 e. The van der Waals surface area contributed by atoms with Crippen LogP contribution >= 0.6 is 0 Å². The summed E-state index contributed by atoms with van der Waals surface area (Å²) >= 11 is 0. The molecule has 0 fully saturated rings. The maximum Gasteiger partial charge on any atom is 0.274 e. The number of hydrogen-bond acceptors (Lipinski definition) is 3. The Balaban J connectivity index is 2.02. The molecule has 0 aliphatic heterocycles. The Kier molecular flexibility index (Phi) is 3.54. The van der Waals surface area contributed by atoms with Crippen molar-refractivity contribution in [2.24, 2.45) is 5.73 Å². The largest absolute Gasteiger partial charge is 0.326 e. The Bertz CT molecular complexity index is 852. The monoisotopic (exact) mass is 279 g/mol. The van der Waals surface area contributed by atoms with Crippen molar-refractivity contribution in [1.82, 2.24) is 9.78 Å². The van der Waals surface area contributed by atoms with Gasteiger partial charge in [-0.05, 0) is 29.7 Å². The molecular weight excluding hydrogens is 262 g/mol. The predicted molar refractivity (Wildman–Crippen MR) is 84.2 cm³/mol. The molecule has 0 spiro atoms. The highest BCUT2D eigenvalue weighted by Crippen LogP contribution is 2.12. The van der Waals surface area contributed by atoms with Crippen LogP contribution in [0.15, 0.2) is 53.5 Å². The highest BCUT2D eigenvalue weighted by atomic mass is 16.1. The lowest BCUT2D eigenvalue weighted by molar-refractivity contribution is 0.645. The molecule has 1 heterocycles. The molecular formula is C17H17N3O. The summed E-state index contributed by atoms with van der Waals surface area (Å²) < 4.78 is 1.51. The normalized spacial score (nSPS) is 11.0. The standard InChI is InChI=1S/C17H17N3O/c1-12-8-13(9-18)6-7-15(12)11-20-17(21)16-5-3-2-4-14(16)10-19-20/h2-8,10H,9,11,18H2,1H3. The van der Waals surface area contributed by atoms with Crippen molar-refractivity contribution in [3.05, 3.63) is 75.7 Å². The van der Waals surface area contributed by atoms with Gasteiger partial charge in [0, 0.05) is 11.9 Å². The SMILES string of the molecule is Cc1cc(CN)ccc1Cn1ncc2ccccc2c1=O. The van der Waals surface area contributed by atoms with Crippen LogP contribution in [-0.2, 0) is 13.1 Å². The van der Waals surface area contributed by atoms with Gasteiger partial charge in [0.05, 0.1) is 18.1 Å². The van der Waals surface area contributed by atoms with Gasteiger partial charge in [-0.25, -0.2) is 4.68 Å². The van der Waals surface area contributed by atoms with Gasteiger partial charge in [-0.3, -0.25) is 4.79 Å². The van der Waals surface area contributed by atoms with Crippen molar-refractivity contribution < 1.29 is 0 Å². The van der Waals surface area contributed by atoms with Gasteiger partial charge in [-0.2, -0.15) is 5.10 Å². The third-order valence-corrected chi connectivity index (χ3v) is 3.72. The Morgan fingerprint density at radius 1 is 1.19 bits per heavy atom. The van der Waals surface area contributed by atoms with E-state index in [-0.39, 0.29) is 5.56 Å². The molecule has 0 saturated heterocycles. The van der Waals surface area contributed by atoms with Crippen LogP contribution < -0.4 is 11.3 Å². The number of aryl methyl sites for hydroxylation is 1. The molecule has 2 N–H and O–H groups in total. The molecule has 0 unspecified atom stereocenters. The molecule has 1 aromatic heterocycles. The van der Waals surface area contributed by atoms with E-state index < -0.39 is 0 Å². The van der Waals surface area contributed by atoms with Crippen LogP contribution in [0.5, 0.6) is 0 Å². The summed E-state index contributed by atoms with van der Waals surface area (Å²) in [5.74, 6) is 0. The Hall–Kier alpha value is -2.46. The molecule has 0 amide bonds. The first-order chi connectivity index (χ1) is 10.2. The van der Waals surface area contributed by atoms with Crippen molar-refractivity contribution in [2.45, 2.75) is 20.0 Å². The maximum absolute atomic E-state index is 12.4. The lowest BCUT2D eigenvalue weighted by Gasteiger charge is -2.10. The highest BCUT2D eigenvalue weighted by Gasteiger charge is 2.06. The summed E-state index contributed by atoms with van der Waals surface area (Å²) in [7, 11) is 0. The van der Waals surface area contributed by atoms with E-state index in [0.717, 1.165) is 22.1 Å². The number of rotatable bonds is 3. The number of fused-ring (bicyclic) bond motifs is 1. The third kappa shape index (κ3) is 2.58. The van der Waals surface area contributed by atoms with Crippen LogP contribution in [0.4, 0.5) is 0 Å². The van der Waals surface area contributed by atoms with Gasteiger partial charge < -0.3 is 5.73 Å². The first kappa shape index (κ1) is 13.5. The molecule has 3 aromatic rings. The summed E-state index contributed by atoms with van der Waals surface area (Å²) in [6, 6.07) is 13.6. The summed E-state index contributed by atoms with van der Waals surface area (Å²) in [4.78, 5) is 12.4. The van der Waals surface area contributed by atoms with Gasteiger partial charge in [0.2, 0.25) is 0 Å². The van der Waals surface area contributed by atoms with Crippen LogP contribution in [-0.4, -0.2) is 9.78 Å². The summed E-state index contributed by atoms with van der Waals surface area (Å²) in [6.07, 6.45) is 1.74. The second kappa shape index (κ2) is 5.50. The van der Waals surface area contributed by atoms with E-state index in [9.17, 15) is 4.79 Å². The molecule has 3 rings (SSSR count). The fourth-order valence-corrected chi connectivity index (χ4v) is 2.46. The molecule has 0 aliphatic carbocycles. The van der Waals surface area contributed by atoms with Gasteiger partial charge in [-0.1, -0.05) is 36.4 Å². The smallest absolute Gasteiger partial charge is 0.274 e. The van der Waals surface area contributed by atoms with Crippen LogP contribution in [0, 0.1) is 6.92 Å². The molecule has 2 aromatic carbocycles. The molecule has 0 saturated carbocycles. The van der Waals surface area contributed by atoms with Crippen LogP contribution in [0.2, 0.25) is 0 Å². The molecule has 0 bridgehead atoms. The average Bonchev–Trinajstić information content (AvgIpc) is 2.52. The average molecular weight is 279 g/mol. The molecule has 21 heavy (non-hydrogen) atoms. The summed E-state index contributed by atoms with van der Waals surface area (Å²) in [5.41, 5.74) is 8.88. The Morgan fingerprint density at radius 3 is 2.76 bits per heavy atom. The van der Waals surface area contributed by atoms with E-state index in [1.807, 2.05) is 43.3 Å². The molecule has 4 heteroatoms. The van der Waals surface area contributed by atoms with Gasteiger partial charge in [-0.15, -0.1) is 0 Å². The number of aromatic nitrogens is 2. The van der Waals surface area contributed by atoms with Gasteiger partial charge in [0.1, 0.15) is 0 Å². The van der Waals surface area contributed by atoms with Crippen LogP contribution in [0.3, 0.4) is 0 Å². The van der Waals surface area contributed by atoms with Gasteiger partial charge in [0.25, 0.3) is 5.56 Å². The zero-order chi connectivity index (χ0) is 14.8. The molecule has 106 valence electrons. The predicted octanol–water partition coefficient (Wildman–Crippen LogP) is 2.21. The zero-order valence-corrected chi connectivity index (χ0v) is 11.9.